The molecular formula is C20H15N3O10S3. The Morgan fingerprint density at radius 3 is 2.31 bits per heavy atom. The van der Waals surface area contributed by atoms with Crippen molar-refractivity contribution in [2.75, 3.05) is 5.73 Å². The largest absolute Gasteiger partial charge is 0.505 e. The van der Waals surface area contributed by atoms with Crippen molar-refractivity contribution in [1.82, 2.24) is 0 Å². The van der Waals surface area contributed by atoms with Gasteiger partial charge in [0.25, 0.3) is 10.1 Å². The second-order valence-corrected chi connectivity index (χ2v) is 9.79. The number of nitrogens with two attached hydrogens (primary N) is 1. The van der Waals surface area contributed by atoms with Crippen LogP contribution in [0.25, 0.3) is 21.5 Å². The first-order valence-electron chi connectivity index (χ1n) is 9.54. The Kier molecular flexibility index (Phi) is 7.91. The van der Waals surface area contributed by atoms with E-state index in [0.717, 1.165) is 0 Å². The van der Waals surface area contributed by atoms with E-state index >= 15 is 0 Å². The maximum atomic E-state index is 11.8. The van der Waals surface area contributed by atoms with E-state index < -0.39 is 10.1 Å². The van der Waals surface area contributed by atoms with Crippen molar-refractivity contribution >= 4 is 72.8 Å². The van der Waals surface area contributed by atoms with E-state index in [4.69, 9.17) is 16.2 Å². The fourth-order valence-electron chi connectivity index (χ4n) is 3.42. The summed E-state index contributed by atoms with van der Waals surface area (Å²) in [5, 5.41) is 45.0. The zero-order chi connectivity index (χ0) is 25.9. The highest BCUT2D eigenvalue weighted by molar-refractivity contribution is 7.95. The van der Waals surface area contributed by atoms with E-state index in [1.165, 1.54) is 30.3 Å². The minimum Gasteiger partial charge on any atom is -0.505 e. The van der Waals surface area contributed by atoms with Crippen molar-refractivity contribution < 1.29 is 47.3 Å². The highest BCUT2D eigenvalue weighted by Crippen LogP contribution is 2.45. The Bertz CT molecular complexity index is 1580. The molecular weight excluding hydrogens is 538 g/mol. The molecule has 0 atom stereocenters. The second kappa shape index (κ2) is 10.9. The summed E-state index contributed by atoms with van der Waals surface area (Å²) >= 11 is 1.03. The molecule has 0 radical (unpaired) electrons. The topological polar surface area (TPSA) is 203 Å². The summed E-state index contributed by atoms with van der Waals surface area (Å²) in [6.07, 6.45) is 0. The molecule has 13 nitrogen and oxygen atoms in total. The molecule has 0 aliphatic carbocycles. The van der Waals surface area contributed by atoms with Crippen LogP contribution < -0.4 is 5.73 Å². The Hall–Kier alpha value is -3.03. The fourth-order valence-corrected chi connectivity index (χ4v) is 5.18. The van der Waals surface area contributed by atoms with E-state index in [0.29, 0.717) is 40.5 Å². The lowest BCUT2D eigenvalue weighted by atomic mass is 10.1. The van der Waals surface area contributed by atoms with Gasteiger partial charge in [-0.25, -0.2) is 10.5 Å². The summed E-state index contributed by atoms with van der Waals surface area (Å²) in [5.74, 6) is -0.279. The Labute approximate surface area is 210 Å². The van der Waals surface area contributed by atoms with Crippen molar-refractivity contribution in [3.05, 3.63) is 54.6 Å². The number of hydrogen-bond acceptors (Lipinski definition) is 14. The molecule has 0 heterocycles. The molecule has 0 saturated carbocycles. The van der Waals surface area contributed by atoms with Gasteiger partial charge in [0, 0.05) is 21.8 Å². The Balaban J connectivity index is 1.89. The van der Waals surface area contributed by atoms with Gasteiger partial charge in [0.05, 0.1) is 33.9 Å². The molecule has 0 aliphatic rings. The molecule has 0 spiro atoms. The lowest BCUT2D eigenvalue weighted by molar-refractivity contribution is -0.432. The van der Waals surface area contributed by atoms with Crippen molar-refractivity contribution in [2.24, 2.45) is 10.2 Å². The van der Waals surface area contributed by atoms with Gasteiger partial charge in [-0.15, -0.1) is 18.9 Å². The molecule has 0 aliphatic heterocycles. The van der Waals surface area contributed by atoms with E-state index in [1.807, 2.05) is 0 Å². The van der Waals surface area contributed by atoms with Gasteiger partial charge < -0.3 is 10.8 Å². The van der Waals surface area contributed by atoms with Gasteiger partial charge in [-0.2, -0.15) is 8.42 Å². The molecule has 16 heteroatoms. The van der Waals surface area contributed by atoms with Crippen LogP contribution in [0.1, 0.15) is 0 Å². The summed E-state index contributed by atoms with van der Waals surface area (Å²) in [5.41, 5.74) is 6.31. The lowest BCUT2D eigenvalue weighted by Crippen LogP contribution is -1.99. The minimum absolute atomic E-state index is 0.0589. The van der Waals surface area contributed by atoms with Crippen LogP contribution in [0.5, 0.6) is 5.75 Å². The third-order valence-electron chi connectivity index (χ3n) is 4.86. The van der Waals surface area contributed by atoms with Gasteiger partial charge in [-0.05, 0) is 41.8 Å². The molecule has 0 saturated heterocycles. The molecule has 188 valence electrons. The van der Waals surface area contributed by atoms with Crippen LogP contribution in [0.4, 0.5) is 17.1 Å². The van der Waals surface area contributed by atoms with E-state index in [2.05, 4.69) is 29.0 Å². The van der Waals surface area contributed by atoms with Gasteiger partial charge >= 0.3 is 0 Å². The van der Waals surface area contributed by atoms with Crippen LogP contribution in [0.15, 0.2) is 79.5 Å². The summed E-state index contributed by atoms with van der Waals surface area (Å²) in [7, 11) is -4.55. The highest BCUT2D eigenvalue weighted by atomic mass is 32.2. The molecule has 6 N–H and O–H groups in total. The highest BCUT2D eigenvalue weighted by Gasteiger charge is 2.19. The zero-order valence-corrected chi connectivity index (χ0v) is 20.1. The SMILES string of the molecule is Nc1ccc2c(O)c(N=Nc3ccc4c(S(=O)(=O)O)cccc4c3SOOO)c(SOOO)cc2c1. The van der Waals surface area contributed by atoms with Gasteiger partial charge in [0.2, 0.25) is 0 Å². The first-order valence-corrected chi connectivity index (χ1v) is 12.5. The number of aromatic hydroxyl groups is 1. The predicted octanol–water partition coefficient (Wildman–Crippen LogP) is 5.80. The average Bonchev–Trinajstić information content (AvgIpc) is 2.84. The summed E-state index contributed by atoms with van der Waals surface area (Å²) in [6.45, 7) is 0. The van der Waals surface area contributed by atoms with Crippen molar-refractivity contribution in [3.63, 3.8) is 0 Å². The Morgan fingerprint density at radius 2 is 1.58 bits per heavy atom. The first-order chi connectivity index (χ1) is 17.2. The fraction of sp³-hybridized carbons (Fsp3) is 0. The molecule has 4 aromatic rings. The number of phenols is 1. The quantitative estimate of drug-likeness (QED) is 0.0416. The van der Waals surface area contributed by atoms with Crippen LogP contribution in [0, 0.1) is 0 Å². The smallest absolute Gasteiger partial charge is 0.295 e. The van der Waals surface area contributed by atoms with Gasteiger partial charge in [0.1, 0.15) is 16.3 Å². The van der Waals surface area contributed by atoms with Crippen molar-refractivity contribution in [2.45, 2.75) is 14.7 Å². The number of nitrogens with zero attached hydrogens (tertiary/aromatic N) is 2. The molecule has 0 amide bonds. The molecule has 0 unspecified atom stereocenters. The van der Waals surface area contributed by atoms with Crippen molar-refractivity contribution in [1.29, 1.82) is 0 Å². The number of hydrogen-bond donors (Lipinski definition) is 5. The van der Waals surface area contributed by atoms with Gasteiger partial charge in [-0.3, -0.25) is 4.55 Å². The normalized spacial score (nSPS) is 12.2. The molecule has 0 bridgehead atoms. The van der Waals surface area contributed by atoms with Crippen LogP contribution in [0.3, 0.4) is 0 Å². The second-order valence-electron chi connectivity index (χ2n) is 6.94. The maximum Gasteiger partial charge on any atom is 0.295 e. The number of anilines is 1. The number of azo groups is 1. The monoisotopic (exact) mass is 553 g/mol. The number of fused-ring (bicyclic) bond motifs is 2. The third-order valence-corrected chi connectivity index (χ3v) is 7.12. The molecule has 36 heavy (non-hydrogen) atoms. The Morgan fingerprint density at radius 1 is 0.861 bits per heavy atom. The first kappa shape index (κ1) is 26.0. The molecule has 0 aromatic heterocycles. The number of phenolic OH excluding ortho intramolecular Hbond substituents is 1. The average molecular weight is 554 g/mol. The summed E-state index contributed by atoms with van der Waals surface area (Å²) < 4.78 is 42.2. The van der Waals surface area contributed by atoms with Gasteiger partial charge in [-0.1, -0.05) is 28.3 Å². The van der Waals surface area contributed by atoms with E-state index in [-0.39, 0.29) is 42.6 Å². The third kappa shape index (κ3) is 5.37. The zero-order valence-electron chi connectivity index (χ0n) is 17.6. The number of nitrogen functional groups attached to an aromatic ring is 1. The molecule has 4 rings (SSSR count). The van der Waals surface area contributed by atoms with Crippen LogP contribution in [0.2, 0.25) is 0 Å². The standard InChI is InChI=1S/C20H15N3O10S3/c21-11-4-5-12-10(8-11)9-16(34-32-30-25)18(19(12)24)23-22-15-7-6-13-14(20(15)35-33-31-26)2-1-3-17(13)36(27,28)29/h1-9,24-26H,21H2,(H,27,28,29). The molecule has 4 aromatic carbocycles. The lowest BCUT2D eigenvalue weighted by Gasteiger charge is -2.11. The van der Waals surface area contributed by atoms with E-state index in [1.54, 1.807) is 24.3 Å². The van der Waals surface area contributed by atoms with Crippen LogP contribution >= 0.6 is 24.1 Å². The number of benzene rings is 4. The minimum atomic E-state index is -4.55. The predicted molar refractivity (Wildman–Crippen MR) is 129 cm³/mol. The van der Waals surface area contributed by atoms with Crippen LogP contribution in [-0.2, 0) is 28.9 Å². The maximum absolute atomic E-state index is 11.8. The summed E-state index contributed by atoms with van der Waals surface area (Å²) in [4.78, 5) is -0.00321. The molecule has 0 fully saturated rings. The van der Waals surface area contributed by atoms with Crippen molar-refractivity contribution in [3.8, 4) is 5.75 Å². The van der Waals surface area contributed by atoms with E-state index in [9.17, 15) is 18.1 Å². The van der Waals surface area contributed by atoms with Crippen LogP contribution in [-0.4, -0.2) is 28.6 Å². The van der Waals surface area contributed by atoms with Gasteiger partial charge in [0.15, 0.2) is 5.75 Å². The number of rotatable bonds is 9. The summed E-state index contributed by atoms with van der Waals surface area (Å²) in [6, 6.07) is 13.2.